The van der Waals surface area contributed by atoms with Gasteiger partial charge in [0, 0.05) is 17.4 Å². The van der Waals surface area contributed by atoms with E-state index in [1.165, 1.54) is 36.9 Å². The van der Waals surface area contributed by atoms with Crippen molar-refractivity contribution in [1.29, 1.82) is 0 Å². The normalized spacial score (nSPS) is 22.4. The molecule has 2 aromatic rings. The molecule has 0 spiro atoms. The molecule has 20 heavy (non-hydrogen) atoms. The fraction of sp³-hybridized carbons (Fsp3) is 0.333. The van der Waals surface area contributed by atoms with E-state index in [0.29, 0.717) is 6.04 Å². The summed E-state index contributed by atoms with van der Waals surface area (Å²) in [6, 6.07) is 19.6. The summed E-state index contributed by atoms with van der Waals surface area (Å²) in [4.78, 5) is 0. The molecule has 3 rings (SSSR count). The molecule has 2 nitrogen and oxygen atoms in total. The number of benzene rings is 2. The Balaban J connectivity index is 1.55. The van der Waals surface area contributed by atoms with Gasteiger partial charge < -0.3 is 11.1 Å². The summed E-state index contributed by atoms with van der Waals surface area (Å²) in [5, 5.41) is 3.62. The standard InChI is InChI=1S/C18H22N2/c19-16-8-12-18(13-9-16)20-17-10-6-15(7-11-17)14-4-2-1-3-5-14/h1-5,8-9,12-13,15,17,20H,6-7,10-11,19H2. The largest absolute Gasteiger partial charge is 0.399 e. The quantitative estimate of drug-likeness (QED) is 0.808. The van der Waals surface area contributed by atoms with Gasteiger partial charge in [-0.3, -0.25) is 0 Å². The summed E-state index contributed by atoms with van der Waals surface area (Å²) in [7, 11) is 0. The zero-order valence-corrected chi connectivity index (χ0v) is 11.8. The Kier molecular flexibility index (Phi) is 3.91. The van der Waals surface area contributed by atoms with Crippen molar-refractivity contribution < 1.29 is 0 Å². The molecular formula is C18H22N2. The maximum atomic E-state index is 5.71. The number of nitrogens with one attached hydrogen (secondary N) is 1. The number of hydrogen-bond acceptors (Lipinski definition) is 2. The first-order valence-corrected chi connectivity index (χ1v) is 7.48. The Labute approximate surface area is 121 Å². The Bertz CT molecular complexity index is 525. The lowest BCUT2D eigenvalue weighted by molar-refractivity contribution is 0.412. The van der Waals surface area contributed by atoms with Crippen LogP contribution >= 0.6 is 0 Å². The van der Waals surface area contributed by atoms with Crippen molar-refractivity contribution in [3.63, 3.8) is 0 Å². The first-order chi connectivity index (χ1) is 9.81. The van der Waals surface area contributed by atoms with Crippen LogP contribution in [0.3, 0.4) is 0 Å². The van der Waals surface area contributed by atoms with Crippen molar-refractivity contribution in [1.82, 2.24) is 0 Å². The zero-order valence-electron chi connectivity index (χ0n) is 11.8. The summed E-state index contributed by atoms with van der Waals surface area (Å²) >= 11 is 0. The first kappa shape index (κ1) is 13.0. The number of anilines is 2. The lowest BCUT2D eigenvalue weighted by atomic mass is 9.82. The van der Waals surface area contributed by atoms with Crippen molar-refractivity contribution in [2.24, 2.45) is 0 Å². The fourth-order valence-corrected chi connectivity index (χ4v) is 3.11. The average Bonchev–Trinajstić information content (AvgIpc) is 2.51. The van der Waals surface area contributed by atoms with Crippen LogP contribution in [-0.2, 0) is 0 Å². The van der Waals surface area contributed by atoms with Crippen LogP contribution in [0.1, 0.15) is 37.2 Å². The Morgan fingerprint density at radius 3 is 2.10 bits per heavy atom. The van der Waals surface area contributed by atoms with E-state index in [1.54, 1.807) is 0 Å². The molecule has 0 amide bonds. The van der Waals surface area contributed by atoms with Crippen molar-refractivity contribution in [3.05, 3.63) is 60.2 Å². The molecule has 0 radical (unpaired) electrons. The summed E-state index contributed by atoms with van der Waals surface area (Å²) in [5.74, 6) is 0.737. The van der Waals surface area contributed by atoms with Crippen molar-refractivity contribution in [3.8, 4) is 0 Å². The Morgan fingerprint density at radius 2 is 1.45 bits per heavy atom. The van der Waals surface area contributed by atoms with Gasteiger partial charge in [0.2, 0.25) is 0 Å². The predicted molar refractivity (Wildman–Crippen MR) is 85.9 cm³/mol. The molecule has 0 atom stereocenters. The van der Waals surface area contributed by atoms with Crippen molar-refractivity contribution >= 4 is 11.4 Å². The molecule has 1 saturated carbocycles. The summed E-state index contributed by atoms with van der Waals surface area (Å²) in [5.41, 5.74) is 9.22. The highest BCUT2D eigenvalue weighted by atomic mass is 14.9. The molecule has 2 heteroatoms. The SMILES string of the molecule is Nc1ccc(NC2CCC(c3ccccc3)CC2)cc1. The average molecular weight is 266 g/mol. The zero-order chi connectivity index (χ0) is 13.8. The van der Waals surface area contributed by atoms with Crippen LogP contribution in [0.5, 0.6) is 0 Å². The van der Waals surface area contributed by atoms with Crippen LogP contribution in [0.4, 0.5) is 11.4 Å². The van der Waals surface area contributed by atoms with E-state index in [9.17, 15) is 0 Å². The van der Waals surface area contributed by atoms with Crippen LogP contribution in [0, 0.1) is 0 Å². The topological polar surface area (TPSA) is 38.0 Å². The van der Waals surface area contributed by atoms with Crippen molar-refractivity contribution in [2.75, 3.05) is 11.1 Å². The second kappa shape index (κ2) is 6.00. The number of nitrogens with two attached hydrogens (primary N) is 1. The summed E-state index contributed by atoms with van der Waals surface area (Å²) in [6.45, 7) is 0. The monoisotopic (exact) mass is 266 g/mol. The first-order valence-electron chi connectivity index (χ1n) is 7.48. The summed E-state index contributed by atoms with van der Waals surface area (Å²) < 4.78 is 0. The van der Waals surface area contributed by atoms with Crippen molar-refractivity contribution in [2.45, 2.75) is 37.6 Å². The number of nitrogen functional groups attached to an aromatic ring is 1. The van der Waals surface area contributed by atoms with E-state index in [-0.39, 0.29) is 0 Å². The lowest BCUT2D eigenvalue weighted by Crippen LogP contribution is -2.25. The molecule has 0 aliphatic heterocycles. The third kappa shape index (κ3) is 3.13. The Hall–Kier alpha value is -1.96. The molecule has 0 heterocycles. The van der Waals surface area contributed by atoms with Gasteiger partial charge in [0.25, 0.3) is 0 Å². The van der Waals surface area contributed by atoms with Crippen LogP contribution in [-0.4, -0.2) is 6.04 Å². The van der Waals surface area contributed by atoms with Crippen LogP contribution in [0.25, 0.3) is 0 Å². The second-order valence-electron chi connectivity index (χ2n) is 5.73. The third-order valence-corrected chi connectivity index (χ3v) is 4.28. The minimum atomic E-state index is 0.596. The van der Waals surface area contributed by atoms with Gasteiger partial charge in [-0.25, -0.2) is 0 Å². The minimum absolute atomic E-state index is 0.596. The third-order valence-electron chi connectivity index (χ3n) is 4.28. The molecule has 1 aliphatic carbocycles. The highest BCUT2D eigenvalue weighted by molar-refractivity contribution is 5.51. The molecule has 104 valence electrons. The molecule has 1 aliphatic rings. The van der Waals surface area contributed by atoms with Gasteiger partial charge in [0.15, 0.2) is 0 Å². The molecule has 0 saturated heterocycles. The van der Waals surface area contributed by atoms with E-state index in [4.69, 9.17) is 5.73 Å². The second-order valence-corrected chi connectivity index (χ2v) is 5.73. The highest BCUT2D eigenvalue weighted by Crippen LogP contribution is 2.33. The molecule has 0 unspecified atom stereocenters. The fourth-order valence-electron chi connectivity index (χ4n) is 3.11. The van der Waals surface area contributed by atoms with E-state index in [2.05, 4.69) is 47.8 Å². The minimum Gasteiger partial charge on any atom is -0.399 e. The molecular weight excluding hydrogens is 244 g/mol. The maximum Gasteiger partial charge on any atom is 0.0343 e. The van der Waals surface area contributed by atoms with Gasteiger partial charge in [-0.15, -0.1) is 0 Å². The van der Waals surface area contributed by atoms with Crippen LogP contribution < -0.4 is 11.1 Å². The van der Waals surface area contributed by atoms with Gasteiger partial charge >= 0.3 is 0 Å². The van der Waals surface area contributed by atoms with Gasteiger partial charge in [-0.2, -0.15) is 0 Å². The van der Waals surface area contributed by atoms with Crippen LogP contribution in [0.2, 0.25) is 0 Å². The Morgan fingerprint density at radius 1 is 0.800 bits per heavy atom. The molecule has 0 aromatic heterocycles. The number of hydrogen-bond donors (Lipinski definition) is 2. The highest BCUT2D eigenvalue weighted by Gasteiger charge is 2.21. The van der Waals surface area contributed by atoms with Gasteiger partial charge in [0.05, 0.1) is 0 Å². The summed E-state index contributed by atoms with van der Waals surface area (Å²) in [6.07, 6.45) is 5.03. The van der Waals surface area contributed by atoms with E-state index < -0.39 is 0 Å². The molecule has 1 fully saturated rings. The maximum absolute atomic E-state index is 5.71. The van der Waals surface area contributed by atoms with Gasteiger partial charge in [0.1, 0.15) is 0 Å². The predicted octanol–water partition coefficient (Wildman–Crippen LogP) is 4.41. The van der Waals surface area contributed by atoms with Gasteiger partial charge in [-0.1, -0.05) is 30.3 Å². The molecule has 3 N–H and O–H groups in total. The molecule has 0 bridgehead atoms. The van der Waals surface area contributed by atoms with E-state index in [1.807, 2.05) is 12.1 Å². The van der Waals surface area contributed by atoms with Gasteiger partial charge in [-0.05, 0) is 61.4 Å². The van der Waals surface area contributed by atoms with E-state index >= 15 is 0 Å². The van der Waals surface area contributed by atoms with E-state index in [0.717, 1.165) is 11.6 Å². The number of rotatable bonds is 3. The van der Waals surface area contributed by atoms with Crippen LogP contribution in [0.15, 0.2) is 54.6 Å². The molecule has 2 aromatic carbocycles. The lowest BCUT2D eigenvalue weighted by Gasteiger charge is -2.30. The smallest absolute Gasteiger partial charge is 0.0343 e.